The monoisotopic (exact) mass is 589 g/mol. The Balaban J connectivity index is 1.74. The summed E-state index contributed by atoms with van der Waals surface area (Å²) in [5.74, 6) is -0.611. The summed E-state index contributed by atoms with van der Waals surface area (Å²) in [5.41, 5.74) is 4.06. The molecule has 224 valence electrons. The Bertz CT molecular complexity index is 1480. The molecule has 2 amide bonds. The van der Waals surface area contributed by atoms with E-state index in [1.807, 2.05) is 58.0 Å². The van der Waals surface area contributed by atoms with E-state index in [9.17, 15) is 18.0 Å². The van der Waals surface area contributed by atoms with Gasteiger partial charge in [-0.2, -0.15) is 0 Å². The molecule has 0 spiro atoms. The molecule has 0 heterocycles. The molecule has 42 heavy (non-hydrogen) atoms. The van der Waals surface area contributed by atoms with Crippen molar-refractivity contribution < 1.29 is 18.0 Å². The van der Waals surface area contributed by atoms with Crippen LogP contribution in [0.4, 0.5) is 5.69 Å². The van der Waals surface area contributed by atoms with E-state index in [0.717, 1.165) is 47.9 Å². The maximum absolute atomic E-state index is 14.4. The summed E-state index contributed by atoms with van der Waals surface area (Å²) in [7, 11) is -4.09. The molecule has 0 radical (unpaired) electrons. The summed E-state index contributed by atoms with van der Waals surface area (Å²) in [5, 5.41) is 3.20. The summed E-state index contributed by atoms with van der Waals surface area (Å²) in [6, 6.07) is 20.8. The lowest BCUT2D eigenvalue weighted by atomic mass is 9.95. The first kappa shape index (κ1) is 31.3. The van der Waals surface area contributed by atoms with Crippen LogP contribution in [0.1, 0.15) is 67.7 Å². The van der Waals surface area contributed by atoms with Crippen LogP contribution in [0.15, 0.2) is 77.7 Å². The highest BCUT2D eigenvalue weighted by Gasteiger charge is 2.35. The molecular formula is C34H43N3O4S. The second-order valence-electron chi connectivity index (χ2n) is 11.3. The fourth-order valence-corrected chi connectivity index (χ4v) is 7.17. The first-order chi connectivity index (χ1) is 20.1. The Morgan fingerprint density at radius 2 is 1.50 bits per heavy atom. The molecule has 1 aliphatic rings. The van der Waals surface area contributed by atoms with Gasteiger partial charge in [-0.15, -0.1) is 0 Å². The maximum atomic E-state index is 14.4. The van der Waals surface area contributed by atoms with Crippen LogP contribution in [0.2, 0.25) is 0 Å². The van der Waals surface area contributed by atoms with Gasteiger partial charge in [0.25, 0.3) is 10.0 Å². The smallest absolute Gasteiger partial charge is 0.264 e. The van der Waals surface area contributed by atoms with Gasteiger partial charge in [0, 0.05) is 12.6 Å². The lowest BCUT2D eigenvalue weighted by molar-refractivity contribution is -0.140. The minimum atomic E-state index is -4.09. The average Bonchev–Trinajstić information content (AvgIpc) is 2.99. The molecule has 4 rings (SSSR count). The summed E-state index contributed by atoms with van der Waals surface area (Å²) in [6.07, 6.45) is 5.61. The fourth-order valence-electron chi connectivity index (χ4n) is 5.67. The van der Waals surface area contributed by atoms with E-state index in [4.69, 9.17) is 0 Å². The van der Waals surface area contributed by atoms with E-state index in [1.165, 1.54) is 22.9 Å². The molecule has 1 N–H and O–H groups in total. The van der Waals surface area contributed by atoms with Gasteiger partial charge in [0.15, 0.2) is 0 Å². The lowest BCUT2D eigenvalue weighted by Gasteiger charge is -2.35. The van der Waals surface area contributed by atoms with Gasteiger partial charge < -0.3 is 10.2 Å². The number of amides is 2. The Kier molecular flexibility index (Phi) is 10.4. The van der Waals surface area contributed by atoms with Crippen molar-refractivity contribution in [1.29, 1.82) is 0 Å². The predicted octanol–water partition coefficient (Wildman–Crippen LogP) is 6.06. The number of nitrogens with one attached hydrogen (secondary N) is 1. The topological polar surface area (TPSA) is 86.8 Å². The number of benzene rings is 3. The van der Waals surface area contributed by atoms with E-state index in [0.29, 0.717) is 12.1 Å². The molecule has 1 fully saturated rings. The van der Waals surface area contributed by atoms with Crippen LogP contribution >= 0.6 is 0 Å². The number of carbonyl (C=O) groups excluding carboxylic acids is 2. The second kappa shape index (κ2) is 14.0. The molecule has 8 heteroatoms. The van der Waals surface area contributed by atoms with Gasteiger partial charge >= 0.3 is 0 Å². The molecule has 0 aliphatic heterocycles. The molecule has 1 atom stereocenters. The van der Waals surface area contributed by atoms with E-state index in [-0.39, 0.29) is 23.4 Å². The Morgan fingerprint density at radius 1 is 0.857 bits per heavy atom. The van der Waals surface area contributed by atoms with Crippen molar-refractivity contribution in [2.24, 2.45) is 0 Å². The van der Waals surface area contributed by atoms with Crippen LogP contribution in [0.25, 0.3) is 0 Å². The number of rotatable bonds is 11. The first-order valence-corrected chi connectivity index (χ1v) is 16.4. The quantitative estimate of drug-likeness (QED) is 0.294. The zero-order valence-corrected chi connectivity index (χ0v) is 26.0. The largest absolute Gasteiger partial charge is 0.352 e. The van der Waals surface area contributed by atoms with Crippen molar-refractivity contribution >= 4 is 27.5 Å². The molecule has 0 bridgehead atoms. The van der Waals surface area contributed by atoms with E-state index in [2.05, 4.69) is 5.32 Å². The van der Waals surface area contributed by atoms with Gasteiger partial charge in [-0.1, -0.05) is 80.8 Å². The third-order valence-corrected chi connectivity index (χ3v) is 10.2. The average molecular weight is 590 g/mol. The lowest BCUT2D eigenvalue weighted by Crippen LogP contribution is -2.54. The van der Waals surface area contributed by atoms with Gasteiger partial charge in [-0.25, -0.2) is 8.42 Å². The summed E-state index contributed by atoms with van der Waals surface area (Å²) in [6.45, 7) is 7.42. The summed E-state index contributed by atoms with van der Waals surface area (Å²) in [4.78, 5) is 29.7. The number of nitrogens with zero attached hydrogens (tertiary/aromatic N) is 2. The Labute approximate surface area is 251 Å². The molecule has 3 aromatic carbocycles. The van der Waals surface area contributed by atoms with E-state index >= 15 is 0 Å². The van der Waals surface area contributed by atoms with Crippen LogP contribution in [0.3, 0.4) is 0 Å². The molecule has 0 aromatic heterocycles. The molecular weight excluding hydrogens is 546 g/mol. The third kappa shape index (κ3) is 7.21. The SMILES string of the molecule is CC[C@H](C(=O)NC1CCCCC1)N(Cc1ccccc1C)C(=O)CN(c1cccc(C)c1C)S(=O)(=O)c1ccccc1. The standard InChI is InChI=1S/C34H43N3O4S/c1-5-31(34(39)35-29-18-8-6-9-19-29)36(23-28-17-13-12-15-26(28)3)33(38)24-37(32-22-14-16-25(2)27(32)4)42(40,41)30-20-10-7-11-21-30/h7,10-17,20-22,29,31H,5-6,8-9,18-19,23-24H2,1-4H3,(H,35,39)/t31-/m1/s1. The normalized spacial score (nSPS) is 14.7. The van der Waals surface area contributed by atoms with Gasteiger partial charge in [0.1, 0.15) is 12.6 Å². The third-order valence-electron chi connectivity index (χ3n) is 8.39. The van der Waals surface area contributed by atoms with E-state index in [1.54, 1.807) is 35.2 Å². The number of hydrogen-bond donors (Lipinski definition) is 1. The predicted molar refractivity (Wildman–Crippen MR) is 168 cm³/mol. The summed E-state index contributed by atoms with van der Waals surface area (Å²) >= 11 is 0. The highest BCUT2D eigenvalue weighted by atomic mass is 32.2. The second-order valence-corrected chi connectivity index (χ2v) is 13.1. The number of aryl methyl sites for hydroxylation is 2. The van der Waals surface area contributed by atoms with Gasteiger partial charge in [0.2, 0.25) is 11.8 Å². The number of anilines is 1. The minimum absolute atomic E-state index is 0.0978. The number of carbonyl (C=O) groups is 2. The fraction of sp³-hybridized carbons (Fsp3) is 0.412. The molecule has 1 saturated carbocycles. The Hall–Kier alpha value is -3.65. The zero-order valence-electron chi connectivity index (χ0n) is 25.2. The summed E-state index contributed by atoms with van der Waals surface area (Å²) < 4.78 is 29.4. The van der Waals surface area contributed by atoms with Crippen LogP contribution in [0.5, 0.6) is 0 Å². The van der Waals surface area contributed by atoms with Crippen LogP contribution < -0.4 is 9.62 Å². The van der Waals surface area contributed by atoms with Crippen LogP contribution in [0, 0.1) is 20.8 Å². The van der Waals surface area contributed by atoms with Crippen molar-refractivity contribution in [1.82, 2.24) is 10.2 Å². The molecule has 3 aromatic rings. The van der Waals surface area contributed by atoms with Crippen LogP contribution in [-0.4, -0.2) is 43.8 Å². The molecule has 0 unspecified atom stereocenters. The highest BCUT2D eigenvalue weighted by Crippen LogP contribution is 2.29. The highest BCUT2D eigenvalue weighted by molar-refractivity contribution is 7.92. The zero-order chi connectivity index (χ0) is 30.3. The molecule has 7 nitrogen and oxygen atoms in total. The van der Waals surface area contributed by atoms with Crippen molar-refractivity contribution in [3.63, 3.8) is 0 Å². The first-order valence-electron chi connectivity index (χ1n) is 14.9. The van der Waals surface area contributed by atoms with Crippen LogP contribution in [-0.2, 0) is 26.2 Å². The number of sulfonamides is 1. The maximum Gasteiger partial charge on any atom is 0.264 e. The van der Waals surface area contributed by atoms with E-state index < -0.39 is 28.5 Å². The van der Waals surface area contributed by atoms with Crippen molar-refractivity contribution in [2.45, 2.75) is 89.7 Å². The number of hydrogen-bond acceptors (Lipinski definition) is 4. The molecule has 0 saturated heterocycles. The van der Waals surface area contributed by atoms with Crippen molar-refractivity contribution in [3.8, 4) is 0 Å². The molecule has 1 aliphatic carbocycles. The van der Waals surface area contributed by atoms with Gasteiger partial charge in [-0.05, 0) is 80.5 Å². The Morgan fingerprint density at radius 3 is 2.17 bits per heavy atom. The van der Waals surface area contributed by atoms with Crippen molar-refractivity contribution in [3.05, 3.63) is 95.1 Å². The van der Waals surface area contributed by atoms with Gasteiger partial charge in [0.05, 0.1) is 10.6 Å². The van der Waals surface area contributed by atoms with Gasteiger partial charge in [-0.3, -0.25) is 13.9 Å². The van der Waals surface area contributed by atoms with Crippen molar-refractivity contribution in [2.75, 3.05) is 10.8 Å². The minimum Gasteiger partial charge on any atom is -0.352 e.